The van der Waals surface area contributed by atoms with E-state index in [1.807, 2.05) is 42.5 Å². The summed E-state index contributed by atoms with van der Waals surface area (Å²) < 4.78 is 0. The summed E-state index contributed by atoms with van der Waals surface area (Å²) in [6.45, 7) is 4.05. The fraction of sp³-hybridized carbons (Fsp3) is 0. The van der Waals surface area contributed by atoms with E-state index in [4.69, 9.17) is 0 Å². The van der Waals surface area contributed by atoms with Gasteiger partial charge in [-0.25, -0.2) is 0 Å². The Kier molecular flexibility index (Phi) is 3.55. The molecule has 2 rings (SSSR count). The van der Waals surface area contributed by atoms with E-state index in [0.29, 0.717) is 0 Å². The summed E-state index contributed by atoms with van der Waals surface area (Å²) >= 11 is 0. The van der Waals surface area contributed by atoms with Crippen molar-refractivity contribution in [2.75, 3.05) is 0 Å². The van der Waals surface area contributed by atoms with Crippen LogP contribution >= 0.6 is 0 Å². The van der Waals surface area contributed by atoms with Crippen molar-refractivity contribution in [1.82, 2.24) is 0 Å². The minimum Gasteiger partial charge on any atom is -0.0723 e. The summed E-state index contributed by atoms with van der Waals surface area (Å²) in [6.07, 6.45) is 4.12. The molecule has 0 spiro atoms. The number of allylic oxidation sites excluding steroid dienone is 2. The van der Waals surface area contributed by atoms with E-state index >= 15 is 0 Å². The van der Waals surface area contributed by atoms with Gasteiger partial charge in [0, 0.05) is 6.42 Å². The molecule has 0 aromatic heterocycles. The fourth-order valence-electron chi connectivity index (χ4n) is 1.51. The smallest absolute Gasteiger partial charge is 0.0128 e. The van der Waals surface area contributed by atoms with E-state index in [1.165, 1.54) is 5.56 Å². The second-order valence-corrected chi connectivity index (χ2v) is 3.64. The largest absolute Gasteiger partial charge is 0.0723 e. The molecule has 0 saturated carbocycles. The van der Waals surface area contributed by atoms with Crippen molar-refractivity contribution in [1.29, 1.82) is 0 Å². The second kappa shape index (κ2) is 5.32. The molecule has 0 nitrogen and oxygen atoms in total. The molecular formula is C16H14. The third-order valence-corrected chi connectivity index (χ3v) is 2.42. The van der Waals surface area contributed by atoms with Crippen molar-refractivity contribution >= 4 is 5.57 Å². The van der Waals surface area contributed by atoms with Crippen molar-refractivity contribution in [2.24, 2.45) is 0 Å². The average molecular weight is 206 g/mol. The second-order valence-electron chi connectivity index (χ2n) is 3.64. The van der Waals surface area contributed by atoms with Crippen molar-refractivity contribution in [2.45, 2.75) is 0 Å². The van der Waals surface area contributed by atoms with Crippen molar-refractivity contribution in [3.63, 3.8) is 0 Å². The number of rotatable bonds is 3. The SMILES string of the molecule is [CH2]/C(=C\[CH]c1ccccc1)c1ccccc1. The molecule has 0 N–H and O–H groups in total. The van der Waals surface area contributed by atoms with Gasteiger partial charge in [0.1, 0.15) is 0 Å². The van der Waals surface area contributed by atoms with Gasteiger partial charge in [-0.15, -0.1) is 0 Å². The Morgan fingerprint density at radius 2 is 1.38 bits per heavy atom. The van der Waals surface area contributed by atoms with Crippen LogP contribution in [0.4, 0.5) is 0 Å². The highest BCUT2D eigenvalue weighted by Gasteiger charge is 1.94. The van der Waals surface area contributed by atoms with Gasteiger partial charge < -0.3 is 0 Å². The van der Waals surface area contributed by atoms with E-state index in [1.54, 1.807) is 0 Å². The van der Waals surface area contributed by atoms with Crippen LogP contribution in [0.3, 0.4) is 0 Å². The minimum absolute atomic E-state index is 1.03. The Morgan fingerprint density at radius 3 is 2.00 bits per heavy atom. The molecule has 0 aliphatic heterocycles. The highest BCUT2D eigenvalue weighted by molar-refractivity contribution is 5.69. The number of benzene rings is 2. The Bertz CT molecular complexity index is 452. The standard InChI is InChI=1S/C16H14/c1-14(16-10-6-3-7-11-16)12-13-15-8-4-2-5-9-15/h2-13H,1H2/b14-12+. The van der Waals surface area contributed by atoms with Crippen LogP contribution in [0.5, 0.6) is 0 Å². The monoisotopic (exact) mass is 206 g/mol. The van der Waals surface area contributed by atoms with Gasteiger partial charge in [-0.2, -0.15) is 0 Å². The summed E-state index contributed by atoms with van der Waals surface area (Å²) in [4.78, 5) is 0. The normalized spacial score (nSPS) is 11.4. The van der Waals surface area contributed by atoms with Crippen LogP contribution in [0, 0.1) is 13.3 Å². The van der Waals surface area contributed by atoms with Gasteiger partial charge in [-0.1, -0.05) is 66.7 Å². The van der Waals surface area contributed by atoms with E-state index in [0.717, 1.165) is 11.1 Å². The van der Waals surface area contributed by atoms with Gasteiger partial charge in [0.2, 0.25) is 0 Å². The topological polar surface area (TPSA) is 0 Å². The Morgan fingerprint density at radius 1 is 0.812 bits per heavy atom. The molecule has 0 heterocycles. The molecular weight excluding hydrogens is 192 g/mol. The van der Waals surface area contributed by atoms with Crippen LogP contribution in [0.25, 0.3) is 5.57 Å². The number of hydrogen-bond donors (Lipinski definition) is 0. The highest BCUT2D eigenvalue weighted by atomic mass is 14.0. The molecule has 2 radical (unpaired) electrons. The zero-order chi connectivity index (χ0) is 11.2. The molecule has 0 unspecified atom stereocenters. The first-order valence-electron chi connectivity index (χ1n) is 5.34. The maximum atomic E-state index is 4.05. The third kappa shape index (κ3) is 2.83. The first-order chi connectivity index (χ1) is 7.86. The molecule has 0 saturated heterocycles. The predicted octanol–water partition coefficient (Wildman–Crippen LogP) is 4.16. The molecule has 0 bridgehead atoms. The van der Waals surface area contributed by atoms with Gasteiger partial charge >= 0.3 is 0 Å². The van der Waals surface area contributed by atoms with E-state index < -0.39 is 0 Å². The Hall–Kier alpha value is -1.82. The molecule has 2 aromatic carbocycles. The number of hydrogen-bond acceptors (Lipinski definition) is 0. The average Bonchev–Trinajstić information content (AvgIpc) is 2.38. The minimum atomic E-state index is 1.03. The van der Waals surface area contributed by atoms with Gasteiger partial charge in [0.05, 0.1) is 0 Å². The molecule has 2 aromatic rings. The Balaban J connectivity index is 2.09. The molecule has 0 fully saturated rings. The lowest BCUT2D eigenvalue weighted by atomic mass is 10.0. The lowest BCUT2D eigenvalue weighted by Gasteiger charge is -2.01. The molecule has 16 heavy (non-hydrogen) atoms. The summed E-state index contributed by atoms with van der Waals surface area (Å²) in [5, 5.41) is 0. The van der Waals surface area contributed by atoms with E-state index in [-0.39, 0.29) is 0 Å². The van der Waals surface area contributed by atoms with Gasteiger partial charge in [0.25, 0.3) is 0 Å². The van der Waals surface area contributed by atoms with Gasteiger partial charge in [-0.05, 0) is 23.6 Å². The fourth-order valence-corrected chi connectivity index (χ4v) is 1.51. The quantitative estimate of drug-likeness (QED) is 0.707. The lowest BCUT2D eigenvalue weighted by Crippen LogP contribution is -1.81. The molecule has 0 aliphatic rings. The molecule has 0 atom stereocenters. The van der Waals surface area contributed by atoms with Crippen LogP contribution in [0.1, 0.15) is 11.1 Å². The van der Waals surface area contributed by atoms with Crippen LogP contribution in [0.2, 0.25) is 0 Å². The van der Waals surface area contributed by atoms with Crippen molar-refractivity contribution in [3.8, 4) is 0 Å². The first-order valence-corrected chi connectivity index (χ1v) is 5.34. The Labute approximate surface area is 97.3 Å². The lowest BCUT2D eigenvalue weighted by molar-refractivity contribution is 1.51. The van der Waals surface area contributed by atoms with Crippen LogP contribution in [-0.4, -0.2) is 0 Å². The van der Waals surface area contributed by atoms with Gasteiger partial charge in [-0.3, -0.25) is 0 Å². The van der Waals surface area contributed by atoms with E-state index in [9.17, 15) is 0 Å². The summed E-state index contributed by atoms with van der Waals surface area (Å²) in [5.74, 6) is 0. The first kappa shape index (κ1) is 10.7. The molecule has 0 amide bonds. The summed E-state index contributed by atoms with van der Waals surface area (Å²) in [5.41, 5.74) is 3.39. The van der Waals surface area contributed by atoms with Crippen LogP contribution in [0.15, 0.2) is 66.7 Å². The predicted molar refractivity (Wildman–Crippen MR) is 69.6 cm³/mol. The summed E-state index contributed by atoms with van der Waals surface area (Å²) in [6, 6.07) is 20.4. The maximum absolute atomic E-state index is 4.05. The van der Waals surface area contributed by atoms with Crippen LogP contribution < -0.4 is 0 Å². The highest BCUT2D eigenvalue weighted by Crippen LogP contribution is 2.14. The van der Waals surface area contributed by atoms with E-state index in [2.05, 4.69) is 37.6 Å². The van der Waals surface area contributed by atoms with Crippen molar-refractivity contribution < 1.29 is 0 Å². The molecule has 0 aliphatic carbocycles. The third-order valence-electron chi connectivity index (χ3n) is 2.42. The zero-order valence-corrected chi connectivity index (χ0v) is 9.14. The molecule has 78 valence electrons. The van der Waals surface area contributed by atoms with Crippen LogP contribution in [-0.2, 0) is 0 Å². The molecule has 0 heteroatoms. The maximum Gasteiger partial charge on any atom is 0.0128 e. The zero-order valence-electron chi connectivity index (χ0n) is 9.14. The summed E-state index contributed by atoms with van der Waals surface area (Å²) in [7, 11) is 0. The van der Waals surface area contributed by atoms with Crippen molar-refractivity contribution in [3.05, 3.63) is 91.2 Å². The van der Waals surface area contributed by atoms with Gasteiger partial charge in [0.15, 0.2) is 0 Å².